The molecule has 18 heavy (non-hydrogen) atoms. The van der Waals surface area contributed by atoms with Crippen molar-refractivity contribution in [2.75, 3.05) is 0 Å². The molecule has 3 N–H and O–H groups in total. The fourth-order valence-corrected chi connectivity index (χ4v) is 1.39. The molecule has 1 amide bonds. The van der Waals surface area contributed by atoms with Gasteiger partial charge in [0.05, 0.1) is 0 Å². The summed E-state index contributed by atoms with van der Waals surface area (Å²) >= 11 is 0. The molecule has 1 aromatic rings. The van der Waals surface area contributed by atoms with E-state index in [1.165, 1.54) is 25.1 Å². The van der Waals surface area contributed by atoms with Gasteiger partial charge in [0.2, 0.25) is 5.91 Å². The van der Waals surface area contributed by atoms with Crippen LogP contribution in [0.2, 0.25) is 0 Å². The van der Waals surface area contributed by atoms with Crippen LogP contribution in [0, 0.1) is 5.82 Å². The quantitative estimate of drug-likeness (QED) is 0.707. The molecule has 2 unspecified atom stereocenters. The van der Waals surface area contributed by atoms with E-state index in [0.29, 0.717) is 5.56 Å². The van der Waals surface area contributed by atoms with E-state index in [-0.39, 0.29) is 6.42 Å². The van der Waals surface area contributed by atoms with Crippen molar-refractivity contribution < 1.29 is 24.2 Å². The molecule has 0 aliphatic rings. The van der Waals surface area contributed by atoms with Crippen molar-refractivity contribution in [2.24, 2.45) is 0 Å². The van der Waals surface area contributed by atoms with Crippen LogP contribution in [0.1, 0.15) is 12.5 Å². The maximum atomic E-state index is 12.9. The van der Waals surface area contributed by atoms with Crippen LogP contribution in [0.25, 0.3) is 0 Å². The maximum absolute atomic E-state index is 12.9. The zero-order chi connectivity index (χ0) is 13.7. The molecule has 2 atom stereocenters. The van der Waals surface area contributed by atoms with Crippen LogP contribution in [0.5, 0.6) is 0 Å². The molecule has 0 saturated heterocycles. The van der Waals surface area contributed by atoms with Crippen LogP contribution in [-0.2, 0) is 16.0 Å². The topological polar surface area (TPSA) is 86.6 Å². The number of carbonyl (C=O) groups is 2. The SMILES string of the molecule is CC(O)C(=O)NC(Cc1cccc(F)c1)C(=O)O. The lowest BCUT2D eigenvalue weighted by Crippen LogP contribution is -2.45. The Morgan fingerprint density at radius 1 is 1.44 bits per heavy atom. The predicted octanol–water partition coefficient (Wildman–Crippen LogP) is 0.318. The highest BCUT2D eigenvalue weighted by atomic mass is 19.1. The lowest BCUT2D eigenvalue weighted by Gasteiger charge is -2.15. The summed E-state index contributed by atoms with van der Waals surface area (Å²) in [7, 11) is 0. The molecular weight excluding hydrogens is 241 g/mol. The second-order valence-corrected chi connectivity index (χ2v) is 3.91. The van der Waals surface area contributed by atoms with Crippen LogP contribution in [0.4, 0.5) is 4.39 Å². The van der Waals surface area contributed by atoms with Gasteiger partial charge >= 0.3 is 5.97 Å². The van der Waals surface area contributed by atoms with Crippen molar-refractivity contribution in [3.63, 3.8) is 0 Å². The number of carboxylic acid groups (broad SMARTS) is 1. The van der Waals surface area contributed by atoms with E-state index in [9.17, 15) is 14.0 Å². The molecule has 5 nitrogen and oxygen atoms in total. The number of hydrogen-bond donors (Lipinski definition) is 3. The highest BCUT2D eigenvalue weighted by molar-refractivity contribution is 5.86. The van der Waals surface area contributed by atoms with Gasteiger partial charge in [0, 0.05) is 6.42 Å². The van der Waals surface area contributed by atoms with Crippen LogP contribution in [0.15, 0.2) is 24.3 Å². The summed E-state index contributed by atoms with van der Waals surface area (Å²) in [5.41, 5.74) is 0.452. The van der Waals surface area contributed by atoms with Crippen molar-refractivity contribution in [2.45, 2.75) is 25.5 Å². The van der Waals surface area contributed by atoms with Gasteiger partial charge in [-0.25, -0.2) is 9.18 Å². The molecule has 0 aromatic heterocycles. The summed E-state index contributed by atoms with van der Waals surface area (Å²) in [6.07, 6.45) is -1.34. The van der Waals surface area contributed by atoms with Crippen LogP contribution < -0.4 is 5.32 Å². The largest absolute Gasteiger partial charge is 0.480 e. The molecular formula is C12H14FNO4. The molecule has 0 radical (unpaired) electrons. The second-order valence-electron chi connectivity index (χ2n) is 3.91. The normalized spacial score (nSPS) is 13.7. The van der Waals surface area contributed by atoms with Crippen molar-refractivity contribution in [1.82, 2.24) is 5.32 Å². The van der Waals surface area contributed by atoms with E-state index in [0.717, 1.165) is 0 Å². The van der Waals surface area contributed by atoms with Gasteiger partial charge in [-0.15, -0.1) is 0 Å². The molecule has 0 spiro atoms. The van der Waals surface area contributed by atoms with Gasteiger partial charge < -0.3 is 15.5 Å². The third kappa shape index (κ3) is 4.14. The molecule has 1 aromatic carbocycles. The van der Waals surface area contributed by atoms with Gasteiger partial charge in [0.15, 0.2) is 0 Å². The van der Waals surface area contributed by atoms with Crippen LogP contribution in [0.3, 0.4) is 0 Å². The van der Waals surface area contributed by atoms with Crippen LogP contribution in [-0.4, -0.2) is 34.2 Å². The van der Waals surface area contributed by atoms with E-state index >= 15 is 0 Å². The van der Waals surface area contributed by atoms with E-state index in [4.69, 9.17) is 10.2 Å². The van der Waals surface area contributed by atoms with E-state index in [1.807, 2.05) is 0 Å². The number of carbonyl (C=O) groups excluding carboxylic acids is 1. The number of nitrogens with one attached hydrogen (secondary N) is 1. The first-order valence-corrected chi connectivity index (χ1v) is 5.36. The average Bonchev–Trinajstić information content (AvgIpc) is 2.27. The van der Waals surface area contributed by atoms with Gasteiger partial charge in [-0.05, 0) is 24.6 Å². The Balaban J connectivity index is 2.75. The molecule has 0 aliphatic heterocycles. The fraction of sp³-hybridized carbons (Fsp3) is 0.333. The first-order chi connectivity index (χ1) is 8.40. The highest BCUT2D eigenvalue weighted by Gasteiger charge is 2.22. The Hall–Kier alpha value is -1.95. The second kappa shape index (κ2) is 6.11. The van der Waals surface area contributed by atoms with Crippen molar-refractivity contribution in [1.29, 1.82) is 0 Å². The molecule has 0 saturated carbocycles. The predicted molar refractivity (Wildman–Crippen MR) is 61.4 cm³/mol. The number of rotatable bonds is 5. The van der Waals surface area contributed by atoms with Gasteiger partial charge in [0.1, 0.15) is 18.0 Å². The average molecular weight is 255 g/mol. The summed E-state index contributed by atoms with van der Waals surface area (Å²) in [6, 6.07) is 4.26. The maximum Gasteiger partial charge on any atom is 0.326 e. The third-order valence-corrected chi connectivity index (χ3v) is 2.32. The Bertz CT molecular complexity index is 447. The van der Waals surface area contributed by atoms with Crippen molar-refractivity contribution in [3.05, 3.63) is 35.6 Å². The molecule has 0 heterocycles. The smallest absolute Gasteiger partial charge is 0.326 e. The van der Waals surface area contributed by atoms with E-state index in [2.05, 4.69) is 5.32 Å². The summed E-state index contributed by atoms with van der Waals surface area (Å²) in [5.74, 6) is -2.49. The summed E-state index contributed by atoms with van der Waals surface area (Å²) in [6.45, 7) is 1.23. The van der Waals surface area contributed by atoms with E-state index < -0.39 is 29.8 Å². The Morgan fingerprint density at radius 2 is 2.11 bits per heavy atom. The molecule has 6 heteroatoms. The minimum absolute atomic E-state index is 0.0500. The number of aliphatic carboxylic acids is 1. The third-order valence-electron chi connectivity index (χ3n) is 2.32. The molecule has 0 aliphatic carbocycles. The molecule has 0 fully saturated rings. The standard InChI is InChI=1S/C12H14FNO4/c1-7(15)11(16)14-10(12(17)18)6-8-3-2-4-9(13)5-8/h2-5,7,10,15H,6H2,1H3,(H,14,16)(H,17,18). The van der Waals surface area contributed by atoms with E-state index in [1.54, 1.807) is 6.07 Å². The lowest BCUT2D eigenvalue weighted by molar-refractivity contribution is -0.143. The summed E-state index contributed by atoms with van der Waals surface area (Å²) in [4.78, 5) is 22.2. The van der Waals surface area contributed by atoms with Crippen LogP contribution >= 0.6 is 0 Å². The number of halogens is 1. The van der Waals surface area contributed by atoms with Gasteiger partial charge in [0.25, 0.3) is 0 Å². The number of amides is 1. The molecule has 0 bridgehead atoms. The minimum Gasteiger partial charge on any atom is -0.480 e. The van der Waals surface area contributed by atoms with Crippen molar-refractivity contribution in [3.8, 4) is 0 Å². The van der Waals surface area contributed by atoms with Gasteiger partial charge in [-0.3, -0.25) is 4.79 Å². The fourth-order valence-electron chi connectivity index (χ4n) is 1.39. The number of carboxylic acids is 1. The zero-order valence-electron chi connectivity index (χ0n) is 9.76. The summed E-state index contributed by atoms with van der Waals surface area (Å²) < 4.78 is 12.9. The Morgan fingerprint density at radius 3 is 2.61 bits per heavy atom. The monoisotopic (exact) mass is 255 g/mol. The van der Waals surface area contributed by atoms with Crippen molar-refractivity contribution >= 4 is 11.9 Å². The Kier molecular flexibility index (Phi) is 4.79. The Labute approximate surface area is 103 Å². The number of aliphatic hydroxyl groups excluding tert-OH is 1. The van der Waals surface area contributed by atoms with Gasteiger partial charge in [-0.1, -0.05) is 12.1 Å². The zero-order valence-corrected chi connectivity index (χ0v) is 9.76. The van der Waals surface area contributed by atoms with Gasteiger partial charge in [-0.2, -0.15) is 0 Å². The molecule has 98 valence electrons. The highest BCUT2D eigenvalue weighted by Crippen LogP contribution is 2.07. The lowest BCUT2D eigenvalue weighted by atomic mass is 10.1. The number of benzene rings is 1. The minimum atomic E-state index is -1.29. The summed E-state index contributed by atoms with van der Waals surface area (Å²) in [5, 5.41) is 20.1. The number of aliphatic hydroxyl groups is 1. The first-order valence-electron chi connectivity index (χ1n) is 5.36. The molecule has 1 rings (SSSR count). The number of hydrogen-bond acceptors (Lipinski definition) is 3. The first kappa shape index (κ1) is 14.1.